The van der Waals surface area contributed by atoms with E-state index in [2.05, 4.69) is 29.6 Å². The van der Waals surface area contributed by atoms with Gasteiger partial charge < -0.3 is 10.4 Å². The van der Waals surface area contributed by atoms with Crippen LogP contribution in [0.2, 0.25) is 0 Å². The number of rotatable bonds is 3. The number of hydrogen-bond donors (Lipinski definition) is 2. The summed E-state index contributed by atoms with van der Waals surface area (Å²) in [4.78, 5) is 13.1. The van der Waals surface area contributed by atoms with Gasteiger partial charge >= 0.3 is 0 Å². The Morgan fingerprint density at radius 3 is 2.39 bits per heavy atom. The van der Waals surface area contributed by atoms with Crippen molar-refractivity contribution in [2.24, 2.45) is 0 Å². The summed E-state index contributed by atoms with van der Waals surface area (Å²) in [5, 5.41) is 11.9. The van der Waals surface area contributed by atoms with Gasteiger partial charge in [-0.2, -0.15) is 0 Å². The van der Waals surface area contributed by atoms with Gasteiger partial charge in [0.2, 0.25) is 0 Å². The fraction of sp³-hybridized carbons (Fsp3) is 0.500. The van der Waals surface area contributed by atoms with E-state index in [1.54, 1.807) is 6.92 Å². The van der Waals surface area contributed by atoms with Crippen LogP contribution in [0.3, 0.4) is 0 Å². The summed E-state index contributed by atoms with van der Waals surface area (Å²) in [7, 11) is 0. The van der Waals surface area contributed by atoms with Gasteiger partial charge in [0.1, 0.15) is 5.78 Å². The molecule has 0 amide bonds. The van der Waals surface area contributed by atoms with Gasteiger partial charge in [-0.1, -0.05) is 24.3 Å². The second kappa shape index (κ2) is 6.09. The number of piperazine rings is 1. The summed E-state index contributed by atoms with van der Waals surface area (Å²) in [6.45, 7) is 4.81. The predicted molar refractivity (Wildman–Crippen MR) is 71.4 cm³/mol. The lowest BCUT2D eigenvalue weighted by Gasteiger charge is -2.33. The Bertz CT molecular complexity index is 380. The second-order valence-corrected chi connectivity index (χ2v) is 4.67. The molecule has 0 bridgehead atoms. The minimum atomic E-state index is -0.0362. The van der Waals surface area contributed by atoms with Gasteiger partial charge in [0, 0.05) is 26.2 Å². The number of nitrogens with zero attached hydrogens (tertiary/aromatic N) is 1. The molecule has 0 saturated carbocycles. The summed E-state index contributed by atoms with van der Waals surface area (Å²) in [5.41, 5.74) is 2.85. The van der Waals surface area contributed by atoms with Gasteiger partial charge in [0.15, 0.2) is 0 Å². The lowest BCUT2D eigenvalue weighted by atomic mass is 9.95. The number of fused-ring (bicyclic) bond motifs is 1. The zero-order valence-electron chi connectivity index (χ0n) is 10.7. The Kier molecular flexibility index (Phi) is 4.47. The molecule has 0 aromatic heterocycles. The van der Waals surface area contributed by atoms with Crippen molar-refractivity contribution in [1.29, 1.82) is 0 Å². The summed E-state index contributed by atoms with van der Waals surface area (Å²) in [5.74, 6) is 0.177. The zero-order chi connectivity index (χ0) is 13.0. The number of hydrogen-bond acceptors (Lipinski definition) is 4. The van der Waals surface area contributed by atoms with Crippen LogP contribution in [-0.4, -0.2) is 54.6 Å². The maximum atomic E-state index is 11.1. The molecule has 1 saturated heterocycles. The Balaban J connectivity index is 0.000000164. The predicted octanol–water partition coefficient (Wildman–Crippen LogP) is 0.509. The fourth-order valence-electron chi connectivity index (χ4n) is 2.21. The van der Waals surface area contributed by atoms with E-state index in [-0.39, 0.29) is 18.4 Å². The minimum absolute atomic E-state index is 0.0362. The van der Waals surface area contributed by atoms with Crippen LogP contribution in [0.4, 0.5) is 0 Å². The zero-order valence-corrected chi connectivity index (χ0v) is 10.7. The molecule has 0 radical (unpaired) electrons. The van der Waals surface area contributed by atoms with Crippen molar-refractivity contribution >= 4 is 5.78 Å². The lowest BCUT2D eigenvalue weighted by molar-refractivity contribution is -0.122. The van der Waals surface area contributed by atoms with E-state index in [9.17, 15) is 4.79 Å². The number of aliphatic hydroxyl groups excluding tert-OH is 1. The Morgan fingerprint density at radius 1 is 1.39 bits per heavy atom. The van der Waals surface area contributed by atoms with Crippen molar-refractivity contribution in [3.63, 3.8) is 0 Å². The molecule has 1 fully saturated rings. The largest absolute Gasteiger partial charge is 0.395 e. The molecule has 2 aliphatic carbocycles. The van der Waals surface area contributed by atoms with Gasteiger partial charge in [-0.05, 0) is 18.1 Å². The second-order valence-electron chi connectivity index (χ2n) is 4.67. The van der Waals surface area contributed by atoms with E-state index < -0.39 is 0 Å². The quantitative estimate of drug-likeness (QED) is 0.831. The summed E-state index contributed by atoms with van der Waals surface area (Å²) in [6.07, 6.45) is 0. The SMILES string of the molecule is CC(=O)C1CNCCN1CCO.c1cc2ccc1-2. The van der Waals surface area contributed by atoms with Crippen molar-refractivity contribution in [2.45, 2.75) is 13.0 Å². The van der Waals surface area contributed by atoms with Crippen LogP contribution >= 0.6 is 0 Å². The first-order valence-corrected chi connectivity index (χ1v) is 6.39. The van der Waals surface area contributed by atoms with E-state index in [0.29, 0.717) is 6.54 Å². The molecule has 0 aromatic carbocycles. The third-order valence-corrected chi connectivity index (χ3v) is 3.43. The van der Waals surface area contributed by atoms with Gasteiger partial charge in [0.05, 0.1) is 12.6 Å². The highest BCUT2D eigenvalue weighted by atomic mass is 16.3. The normalized spacial score (nSPS) is 20.9. The monoisotopic (exact) mass is 248 g/mol. The van der Waals surface area contributed by atoms with E-state index >= 15 is 0 Å². The summed E-state index contributed by atoms with van der Waals surface area (Å²) < 4.78 is 0. The number of aliphatic hydroxyl groups is 1. The van der Waals surface area contributed by atoms with Crippen molar-refractivity contribution < 1.29 is 9.90 Å². The average molecular weight is 248 g/mol. The molecular weight excluding hydrogens is 228 g/mol. The van der Waals surface area contributed by atoms with E-state index in [0.717, 1.165) is 19.6 Å². The van der Waals surface area contributed by atoms with Crippen LogP contribution in [0.5, 0.6) is 0 Å². The van der Waals surface area contributed by atoms with Crippen molar-refractivity contribution in [2.75, 3.05) is 32.8 Å². The molecule has 4 nitrogen and oxygen atoms in total. The number of carbonyl (C=O) groups is 1. The molecule has 3 aliphatic rings. The number of benzene rings is 1. The van der Waals surface area contributed by atoms with E-state index in [1.165, 1.54) is 11.1 Å². The third kappa shape index (κ3) is 2.96. The maximum absolute atomic E-state index is 11.1. The molecule has 3 rings (SSSR count). The molecule has 1 aliphatic heterocycles. The smallest absolute Gasteiger partial charge is 0.148 e. The fourth-order valence-corrected chi connectivity index (χ4v) is 2.21. The Hall–Kier alpha value is -1.23. The van der Waals surface area contributed by atoms with Gasteiger partial charge in [-0.3, -0.25) is 9.69 Å². The molecule has 2 N–H and O–H groups in total. The average Bonchev–Trinajstić information content (AvgIpc) is 2.35. The number of ketones is 1. The lowest BCUT2D eigenvalue weighted by Crippen LogP contribution is -2.54. The highest BCUT2D eigenvalue weighted by Gasteiger charge is 2.24. The Labute approximate surface area is 108 Å². The van der Waals surface area contributed by atoms with Crippen LogP contribution in [0.15, 0.2) is 24.3 Å². The number of β-amino-alcohol motifs (C(OH)–C–C–N with tert-alkyl or cyclic N) is 1. The summed E-state index contributed by atoms with van der Waals surface area (Å²) >= 11 is 0. The molecule has 1 heterocycles. The minimum Gasteiger partial charge on any atom is -0.395 e. The highest BCUT2D eigenvalue weighted by Crippen LogP contribution is 2.29. The first-order chi connectivity index (χ1) is 8.72. The van der Waals surface area contributed by atoms with Crippen LogP contribution in [-0.2, 0) is 4.79 Å². The molecular formula is C14H20N2O2. The number of Topliss-reactive ketones (excluding diaryl/α,β-unsaturated/α-hetero) is 1. The van der Waals surface area contributed by atoms with Crippen molar-refractivity contribution in [3.8, 4) is 11.1 Å². The number of nitrogens with one attached hydrogen (secondary N) is 1. The van der Waals surface area contributed by atoms with Crippen molar-refractivity contribution in [1.82, 2.24) is 10.2 Å². The molecule has 98 valence electrons. The molecule has 0 spiro atoms. The first-order valence-electron chi connectivity index (χ1n) is 6.39. The first kappa shape index (κ1) is 13.2. The highest BCUT2D eigenvalue weighted by molar-refractivity contribution is 5.81. The van der Waals surface area contributed by atoms with Crippen LogP contribution in [0, 0.1) is 0 Å². The molecule has 4 heteroatoms. The summed E-state index contributed by atoms with van der Waals surface area (Å²) in [6, 6.07) is 8.45. The van der Waals surface area contributed by atoms with Gasteiger partial charge in [-0.25, -0.2) is 0 Å². The molecule has 18 heavy (non-hydrogen) atoms. The van der Waals surface area contributed by atoms with Crippen LogP contribution in [0.1, 0.15) is 6.92 Å². The van der Waals surface area contributed by atoms with Gasteiger partial charge in [-0.15, -0.1) is 0 Å². The Morgan fingerprint density at radius 2 is 2.00 bits per heavy atom. The van der Waals surface area contributed by atoms with Crippen LogP contribution in [0.25, 0.3) is 11.1 Å². The van der Waals surface area contributed by atoms with Crippen LogP contribution < -0.4 is 5.32 Å². The van der Waals surface area contributed by atoms with Crippen molar-refractivity contribution in [3.05, 3.63) is 24.3 Å². The molecule has 1 atom stereocenters. The molecule has 1 unspecified atom stereocenters. The maximum Gasteiger partial charge on any atom is 0.148 e. The van der Waals surface area contributed by atoms with E-state index in [4.69, 9.17) is 5.11 Å². The standard InChI is InChI=1S/C8H16N2O2.C6H4/c1-7(12)8-6-9-2-3-10(8)4-5-11;1-2-6-4-3-5(1)6/h8-9,11H,2-6H2,1H3;1-4H. The van der Waals surface area contributed by atoms with E-state index in [1.807, 2.05) is 4.90 Å². The topological polar surface area (TPSA) is 52.6 Å². The number of carbonyl (C=O) groups excluding carboxylic acids is 1. The molecule has 0 aromatic rings. The third-order valence-electron chi connectivity index (χ3n) is 3.43. The van der Waals surface area contributed by atoms with Gasteiger partial charge in [0.25, 0.3) is 0 Å².